The van der Waals surface area contributed by atoms with Gasteiger partial charge in [-0.05, 0) is 0 Å². The van der Waals surface area contributed by atoms with Crippen molar-refractivity contribution in [2.45, 2.75) is 172 Å². The van der Waals surface area contributed by atoms with E-state index in [0.717, 1.165) is 6.61 Å². The second-order valence-electron chi connectivity index (χ2n) is 14.9. The Morgan fingerprint density at radius 1 is 0.500 bits per heavy atom. The van der Waals surface area contributed by atoms with Crippen LogP contribution in [0.15, 0.2) is 12.1 Å². The van der Waals surface area contributed by atoms with E-state index in [9.17, 15) is 0 Å². The number of hydrogen-bond donors (Lipinski definition) is 0. The third kappa shape index (κ3) is 15.4. The van der Waals surface area contributed by atoms with E-state index in [0.29, 0.717) is 0 Å². The zero-order valence-corrected chi connectivity index (χ0v) is 36.6. The molecule has 0 aliphatic heterocycles. The molecule has 0 fully saturated rings. The quantitative estimate of drug-likeness (QED) is 0.0715. The molecule has 242 valence electrons. The second kappa shape index (κ2) is 21.6. The number of hydrogen-bond acceptors (Lipinski definition) is 3. The van der Waals surface area contributed by atoms with Crippen molar-refractivity contribution in [1.82, 2.24) is 0 Å². The number of unbranched alkanes of at least 4 members (excludes halogenated alkanes) is 17. The van der Waals surface area contributed by atoms with Crippen LogP contribution in [0.2, 0.25) is 29.6 Å². The molecule has 0 bridgehead atoms. The Kier molecular flexibility index (Phi) is 20.0. The zero-order chi connectivity index (χ0) is 30.8. The molecule has 0 amide bonds. The first-order valence-electron chi connectivity index (χ1n) is 18.0. The van der Waals surface area contributed by atoms with Gasteiger partial charge in [-0.15, -0.1) is 0 Å². The summed E-state index contributed by atoms with van der Waals surface area (Å²) in [5.41, 5.74) is 1.63. The molecule has 0 aliphatic rings. The van der Waals surface area contributed by atoms with E-state index in [2.05, 4.69) is 78.3 Å². The molecular formula is C37H68OS2Sn2. The van der Waals surface area contributed by atoms with Crippen LogP contribution in [-0.4, -0.2) is 43.4 Å². The summed E-state index contributed by atoms with van der Waals surface area (Å²) in [5, 5.41) is 0. The number of ether oxygens (including phenoxy) is 1. The van der Waals surface area contributed by atoms with Crippen molar-refractivity contribution in [1.29, 1.82) is 0 Å². The summed E-state index contributed by atoms with van der Waals surface area (Å²) in [4.78, 5) is 18.5. The van der Waals surface area contributed by atoms with Crippen molar-refractivity contribution >= 4 is 65.2 Å². The van der Waals surface area contributed by atoms with Gasteiger partial charge in [-0.25, -0.2) is 0 Å². The monoisotopic (exact) mass is 832 g/mol. The van der Waals surface area contributed by atoms with Gasteiger partial charge in [-0.1, -0.05) is 39.5 Å². The van der Waals surface area contributed by atoms with Gasteiger partial charge < -0.3 is 0 Å². The van der Waals surface area contributed by atoms with Gasteiger partial charge in [0.05, 0.1) is 0 Å². The Labute approximate surface area is 279 Å². The Balaban J connectivity index is 2.01. The van der Waals surface area contributed by atoms with E-state index in [-0.39, 0.29) is 0 Å². The summed E-state index contributed by atoms with van der Waals surface area (Å²) >= 11 is -0.112. The molecule has 0 atom stereocenters. The van der Waals surface area contributed by atoms with Gasteiger partial charge in [0.2, 0.25) is 0 Å². The van der Waals surface area contributed by atoms with E-state index in [4.69, 9.17) is 4.74 Å². The van der Waals surface area contributed by atoms with Gasteiger partial charge in [-0.2, -0.15) is 0 Å². The standard InChI is InChI=1S/C31H50OS2.6CH3.2Sn/c1-3-5-7-9-11-13-14-16-18-20-22-28-23-26-33-30(28)31-29(24-27-34-31)32-25-21-19-17-15-12-10-8-6-4-2;;;;;;;;/h23-24H,3-22,25H2,1-2H3;6*1H3;;. The first-order chi connectivity index (χ1) is 20.1. The molecule has 0 aliphatic carbocycles. The molecule has 2 aromatic heterocycles. The van der Waals surface area contributed by atoms with Gasteiger partial charge in [0.15, 0.2) is 0 Å². The maximum absolute atomic E-state index is 6.65. The van der Waals surface area contributed by atoms with Crippen LogP contribution in [-0.2, 0) is 6.42 Å². The average Bonchev–Trinajstić information content (AvgIpc) is 3.55. The fraction of sp³-hybridized carbons (Fsp3) is 0.784. The molecule has 0 aromatic carbocycles. The molecule has 2 aromatic rings. The van der Waals surface area contributed by atoms with Crippen LogP contribution in [0.4, 0.5) is 0 Å². The van der Waals surface area contributed by atoms with Crippen molar-refractivity contribution in [3.05, 3.63) is 17.7 Å². The fourth-order valence-corrected chi connectivity index (χ4v) is 18.5. The Morgan fingerprint density at radius 2 is 0.905 bits per heavy atom. The Bertz CT molecular complexity index is 885. The average molecular weight is 831 g/mol. The minimum atomic E-state index is -2.20. The zero-order valence-electron chi connectivity index (χ0n) is 29.2. The molecule has 0 radical (unpaired) electrons. The minimum absolute atomic E-state index is 0.878. The van der Waals surface area contributed by atoms with Gasteiger partial charge in [0.1, 0.15) is 0 Å². The summed E-state index contributed by atoms with van der Waals surface area (Å²) in [6.07, 6.45) is 27.6. The molecule has 0 saturated carbocycles. The summed E-state index contributed by atoms with van der Waals surface area (Å²) in [5.74, 6) is 1.21. The molecule has 0 spiro atoms. The number of thiophene rings is 2. The smallest absolute Gasteiger partial charge is 0.0654 e. The van der Waals surface area contributed by atoms with Crippen LogP contribution in [0.3, 0.4) is 0 Å². The molecule has 0 unspecified atom stereocenters. The second-order valence-corrected chi connectivity index (χ2v) is 47.8. The summed E-state index contributed by atoms with van der Waals surface area (Å²) in [6, 6.07) is 5.13. The van der Waals surface area contributed by atoms with Crippen LogP contribution < -0.4 is 10.5 Å². The normalized spacial score (nSPS) is 12.4. The minimum Gasteiger partial charge on any atom is -0.0654 e. The van der Waals surface area contributed by atoms with Gasteiger partial charge in [-0.3, -0.25) is 0 Å². The van der Waals surface area contributed by atoms with Gasteiger partial charge in [0, 0.05) is 0 Å². The molecule has 2 rings (SSSR count). The first kappa shape index (κ1) is 39.0. The topological polar surface area (TPSA) is 9.23 Å². The SMILES string of the molecule is CCCCCCCCCCCCc1c[c]([Sn]([CH3])([CH3])[CH3])sc1-c1s[c]([Sn]([CH3])([CH3])[CH3])cc1OCCCCCCCCCCC. The predicted molar refractivity (Wildman–Crippen MR) is 202 cm³/mol. The van der Waals surface area contributed by atoms with Crippen LogP contribution in [0.1, 0.15) is 141 Å². The van der Waals surface area contributed by atoms with Crippen LogP contribution in [0, 0.1) is 0 Å². The van der Waals surface area contributed by atoms with Crippen molar-refractivity contribution in [3.63, 3.8) is 0 Å². The van der Waals surface area contributed by atoms with Crippen molar-refractivity contribution in [3.8, 4) is 15.5 Å². The number of aryl methyl sites for hydroxylation is 1. The fourth-order valence-electron chi connectivity index (χ4n) is 5.58. The molecular weight excluding hydrogens is 762 g/mol. The number of rotatable bonds is 25. The maximum atomic E-state index is 6.65. The molecule has 0 N–H and O–H groups in total. The van der Waals surface area contributed by atoms with Gasteiger partial charge in [0.25, 0.3) is 0 Å². The third-order valence-corrected chi connectivity index (χ3v) is 29.8. The summed E-state index contributed by atoms with van der Waals surface area (Å²) < 4.78 is 10.1. The molecule has 5 heteroatoms. The molecule has 2 heterocycles. The third-order valence-electron chi connectivity index (χ3n) is 8.50. The van der Waals surface area contributed by atoms with E-state index in [1.165, 1.54) is 139 Å². The first-order valence-corrected chi connectivity index (χ1v) is 39.6. The molecule has 0 saturated heterocycles. The molecule has 1 nitrogen and oxygen atoms in total. The summed E-state index contributed by atoms with van der Waals surface area (Å²) in [6.45, 7) is 5.49. The van der Waals surface area contributed by atoms with Crippen LogP contribution >= 0.6 is 22.7 Å². The van der Waals surface area contributed by atoms with Crippen LogP contribution in [0.5, 0.6) is 5.75 Å². The van der Waals surface area contributed by atoms with E-state index < -0.39 is 36.8 Å². The van der Waals surface area contributed by atoms with E-state index in [1.54, 1.807) is 16.2 Å². The Hall–Kier alpha value is 0.797. The van der Waals surface area contributed by atoms with Gasteiger partial charge >= 0.3 is 242 Å². The summed E-state index contributed by atoms with van der Waals surface area (Å²) in [7, 11) is 0. The van der Waals surface area contributed by atoms with Crippen molar-refractivity contribution < 1.29 is 4.74 Å². The van der Waals surface area contributed by atoms with E-state index >= 15 is 0 Å². The Morgan fingerprint density at radius 3 is 1.38 bits per heavy atom. The van der Waals surface area contributed by atoms with E-state index in [1.807, 2.05) is 0 Å². The molecule has 42 heavy (non-hydrogen) atoms. The van der Waals surface area contributed by atoms with Crippen molar-refractivity contribution in [2.24, 2.45) is 0 Å². The van der Waals surface area contributed by atoms with Crippen molar-refractivity contribution in [2.75, 3.05) is 6.61 Å². The predicted octanol–water partition coefficient (Wildman–Crippen LogP) is 12.9. The van der Waals surface area contributed by atoms with Crippen LogP contribution in [0.25, 0.3) is 9.75 Å².